The molecule has 0 unspecified atom stereocenters. The Balaban J connectivity index is 1.57. The molecule has 0 aliphatic heterocycles. The lowest BCUT2D eigenvalue weighted by atomic mass is 10.1. The van der Waals surface area contributed by atoms with Gasteiger partial charge in [-0.2, -0.15) is 0 Å². The summed E-state index contributed by atoms with van der Waals surface area (Å²) in [5.41, 5.74) is 0.800. The van der Waals surface area contributed by atoms with Crippen molar-refractivity contribution >= 4 is 17.7 Å². The molecule has 152 valence electrons. The third kappa shape index (κ3) is 4.67. The summed E-state index contributed by atoms with van der Waals surface area (Å²) in [6.07, 6.45) is 4.57. The molecule has 1 aromatic heterocycles. The van der Waals surface area contributed by atoms with E-state index >= 15 is 0 Å². The van der Waals surface area contributed by atoms with E-state index in [-0.39, 0.29) is 11.7 Å². The Hall–Kier alpha value is -2.49. The van der Waals surface area contributed by atoms with E-state index in [1.807, 2.05) is 4.68 Å². The SMILES string of the molecule is COc1cc(OC)c(OC)cc1CNC(=O)CSc1nnnn1C1CCCC1. The number of thioether (sulfide) groups is 1. The van der Waals surface area contributed by atoms with E-state index in [1.165, 1.54) is 24.6 Å². The Morgan fingerprint density at radius 1 is 1.14 bits per heavy atom. The molecule has 0 radical (unpaired) electrons. The number of carbonyl (C=O) groups excluding carboxylic acids is 1. The molecule has 10 heteroatoms. The van der Waals surface area contributed by atoms with Gasteiger partial charge in [-0.3, -0.25) is 4.79 Å². The van der Waals surface area contributed by atoms with E-state index in [1.54, 1.807) is 33.5 Å². The molecule has 1 N–H and O–H groups in total. The maximum absolute atomic E-state index is 12.3. The second-order valence-corrected chi connectivity index (χ2v) is 7.37. The number of rotatable bonds is 9. The van der Waals surface area contributed by atoms with Crippen LogP contribution in [0.2, 0.25) is 0 Å². The van der Waals surface area contributed by atoms with Gasteiger partial charge in [-0.1, -0.05) is 24.6 Å². The first-order valence-electron chi connectivity index (χ1n) is 9.12. The van der Waals surface area contributed by atoms with Crippen molar-refractivity contribution in [2.45, 2.75) is 43.4 Å². The van der Waals surface area contributed by atoms with Crippen LogP contribution in [0.4, 0.5) is 0 Å². The van der Waals surface area contributed by atoms with Crippen LogP contribution < -0.4 is 19.5 Å². The highest BCUT2D eigenvalue weighted by molar-refractivity contribution is 7.99. The molecule has 1 fully saturated rings. The second kappa shape index (κ2) is 9.63. The number of nitrogens with one attached hydrogen (secondary N) is 1. The number of tetrazole rings is 1. The second-order valence-electron chi connectivity index (χ2n) is 6.43. The van der Waals surface area contributed by atoms with Crippen molar-refractivity contribution in [2.24, 2.45) is 0 Å². The molecule has 0 saturated heterocycles. The van der Waals surface area contributed by atoms with Crippen LogP contribution in [0.1, 0.15) is 37.3 Å². The average molecular weight is 407 g/mol. The summed E-state index contributed by atoms with van der Waals surface area (Å²) in [7, 11) is 4.71. The van der Waals surface area contributed by atoms with E-state index in [0.717, 1.165) is 18.4 Å². The molecular formula is C18H25N5O4S. The van der Waals surface area contributed by atoms with Crippen LogP contribution in [0.15, 0.2) is 17.3 Å². The van der Waals surface area contributed by atoms with Gasteiger partial charge in [0, 0.05) is 18.2 Å². The molecule has 1 aromatic carbocycles. The number of aromatic nitrogens is 4. The zero-order chi connectivity index (χ0) is 19.9. The minimum absolute atomic E-state index is 0.109. The smallest absolute Gasteiger partial charge is 0.230 e. The predicted molar refractivity (Wildman–Crippen MR) is 104 cm³/mol. The van der Waals surface area contributed by atoms with E-state index in [2.05, 4.69) is 20.8 Å². The predicted octanol–water partition coefficient (Wildman–Crippen LogP) is 2.22. The molecule has 9 nitrogen and oxygen atoms in total. The van der Waals surface area contributed by atoms with Gasteiger partial charge in [0.05, 0.1) is 33.1 Å². The summed E-state index contributed by atoms with van der Waals surface area (Å²) in [5, 5.41) is 15.5. The summed E-state index contributed by atoms with van der Waals surface area (Å²) in [6.45, 7) is 0.316. The fourth-order valence-electron chi connectivity index (χ4n) is 3.26. The molecule has 3 rings (SSSR count). The summed E-state index contributed by atoms with van der Waals surface area (Å²) in [4.78, 5) is 12.3. The lowest BCUT2D eigenvalue weighted by molar-refractivity contribution is -0.118. The number of hydrogen-bond acceptors (Lipinski definition) is 8. The van der Waals surface area contributed by atoms with Crippen LogP contribution in [-0.4, -0.2) is 53.2 Å². The molecular weight excluding hydrogens is 382 g/mol. The van der Waals surface area contributed by atoms with Crippen molar-refractivity contribution in [2.75, 3.05) is 27.1 Å². The highest BCUT2D eigenvalue weighted by atomic mass is 32.2. The zero-order valence-corrected chi connectivity index (χ0v) is 17.1. The van der Waals surface area contributed by atoms with Crippen molar-refractivity contribution in [1.29, 1.82) is 0 Å². The summed E-state index contributed by atoms with van der Waals surface area (Å²) >= 11 is 1.35. The standard InChI is InChI=1S/C18H25N5O4S/c1-25-14-9-16(27-3)15(26-2)8-12(14)10-19-17(24)11-28-18-20-21-22-23(18)13-6-4-5-7-13/h8-9,13H,4-7,10-11H2,1-3H3,(H,19,24). The van der Waals surface area contributed by atoms with Crippen LogP contribution in [0.3, 0.4) is 0 Å². The van der Waals surface area contributed by atoms with Gasteiger partial charge in [-0.05, 0) is 29.3 Å². The third-order valence-electron chi connectivity index (χ3n) is 4.73. The van der Waals surface area contributed by atoms with Gasteiger partial charge in [0.25, 0.3) is 0 Å². The third-order valence-corrected chi connectivity index (χ3v) is 5.66. The van der Waals surface area contributed by atoms with Crippen LogP contribution in [0.5, 0.6) is 17.2 Å². The van der Waals surface area contributed by atoms with Crippen LogP contribution in [-0.2, 0) is 11.3 Å². The minimum atomic E-state index is -0.109. The van der Waals surface area contributed by atoms with Crippen LogP contribution >= 0.6 is 11.8 Å². The zero-order valence-electron chi connectivity index (χ0n) is 16.3. The van der Waals surface area contributed by atoms with Crippen molar-refractivity contribution in [3.05, 3.63) is 17.7 Å². The molecule has 0 bridgehead atoms. The lowest BCUT2D eigenvalue weighted by Gasteiger charge is -2.14. The summed E-state index contributed by atoms with van der Waals surface area (Å²) in [6, 6.07) is 3.88. The average Bonchev–Trinajstić information content (AvgIpc) is 3.41. The number of methoxy groups -OCH3 is 3. The van der Waals surface area contributed by atoms with Crippen molar-refractivity contribution < 1.29 is 19.0 Å². The Bertz CT molecular complexity index is 807. The first kappa shape index (κ1) is 20.2. The maximum atomic E-state index is 12.3. The van der Waals surface area contributed by atoms with Gasteiger partial charge in [-0.25, -0.2) is 4.68 Å². The van der Waals surface area contributed by atoms with Crippen molar-refractivity contribution in [1.82, 2.24) is 25.5 Å². The Kier molecular flexibility index (Phi) is 6.96. The number of nitrogens with zero attached hydrogens (tertiary/aromatic N) is 4. The number of hydrogen-bond donors (Lipinski definition) is 1. The van der Waals surface area contributed by atoms with Gasteiger partial charge < -0.3 is 19.5 Å². The monoisotopic (exact) mass is 407 g/mol. The first-order chi connectivity index (χ1) is 13.7. The Morgan fingerprint density at radius 3 is 2.50 bits per heavy atom. The molecule has 0 spiro atoms. The van der Waals surface area contributed by atoms with E-state index in [4.69, 9.17) is 14.2 Å². The Labute approximate surface area is 168 Å². The summed E-state index contributed by atoms with van der Waals surface area (Å²) in [5.74, 6) is 1.91. The van der Waals surface area contributed by atoms with Crippen LogP contribution in [0, 0.1) is 0 Å². The van der Waals surface area contributed by atoms with E-state index in [9.17, 15) is 4.79 Å². The fraction of sp³-hybridized carbons (Fsp3) is 0.556. The highest BCUT2D eigenvalue weighted by Crippen LogP contribution is 2.34. The fourth-order valence-corrected chi connectivity index (χ4v) is 4.04. The maximum Gasteiger partial charge on any atom is 0.230 e. The molecule has 1 amide bonds. The van der Waals surface area contributed by atoms with Crippen LogP contribution in [0.25, 0.3) is 0 Å². The molecule has 1 aliphatic carbocycles. The molecule has 1 aliphatic rings. The van der Waals surface area contributed by atoms with Gasteiger partial charge in [0.15, 0.2) is 11.5 Å². The van der Waals surface area contributed by atoms with Crippen molar-refractivity contribution in [3.63, 3.8) is 0 Å². The first-order valence-corrected chi connectivity index (χ1v) is 10.1. The highest BCUT2D eigenvalue weighted by Gasteiger charge is 2.22. The van der Waals surface area contributed by atoms with E-state index < -0.39 is 0 Å². The number of benzene rings is 1. The molecule has 1 saturated carbocycles. The quantitative estimate of drug-likeness (QED) is 0.632. The van der Waals surface area contributed by atoms with Crippen molar-refractivity contribution in [3.8, 4) is 17.2 Å². The normalized spacial score (nSPS) is 14.1. The van der Waals surface area contributed by atoms with Gasteiger partial charge in [0.2, 0.25) is 11.1 Å². The van der Waals surface area contributed by atoms with E-state index in [0.29, 0.717) is 35.0 Å². The topological polar surface area (TPSA) is 100 Å². The van der Waals surface area contributed by atoms with Gasteiger partial charge >= 0.3 is 0 Å². The lowest BCUT2D eigenvalue weighted by Crippen LogP contribution is -2.25. The summed E-state index contributed by atoms with van der Waals surface area (Å²) < 4.78 is 17.8. The van der Waals surface area contributed by atoms with Gasteiger partial charge in [0.1, 0.15) is 5.75 Å². The Morgan fingerprint density at radius 2 is 1.82 bits per heavy atom. The molecule has 28 heavy (non-hydrogen) atoms. The van der Waals surface area contributed by atoms with Gasteiger partial charge in [-0.15, -0.1) is 5.10 Å². The minimum Gasteiger partial charge on any atom is -0.496 e. The number of carbonyl (C=O) groups is 1. The molecule has 2 aromatic rings. The largest absolute Gasteiger partial charge is 0.496 e. The number of ether oxygens (including phenoxy) is 3. The number of amides is 1. The molecule has 1 heterocycles. The molecule has 0 atom stereocenters.